The highest BCUT2D eigenvalue weighted by Crippen LogP contribution is 2.25. The zero-order chi connectivity index (χ0) is 16.4. The first kappa shape index (κ1) is 15.4. The number of carbonyl (C=O) groups excluding carboxylic acids is 1. The number of rotatable bonds is 3. The van der Waals surface area contributed by atoms with Crippen molar-refractivity contribution in [1.29, 1.82) is 0 Å². The molecule has 122 valence electrons. The highest BCUT2D eigenvalue weighted by Gasteiger charge is 2.27. The second kappa shape index (κ2) is 6.31. The van der Waals surface area contributed by atoms with Gasteiger partial charge in [0.1, 0.15) is 17.2 Å². The number of hydrogen-bond donors (Lipinski definition) is 1. The molecule has 1 atom stereocenters. The van der Waals surface area contributed by atoms with Crippen molar-refractivity contribution in [2.45, 2.75) is 39.0 Å². The van der Waals surface area contributed by atoms with E-state index in [4.69, 9.17) is 0 Å². The Morgan fingerprint density at radius 2 is 2.26 bits per heavy atom. The number of piperidine rings is 1. The van der Waals surface area contributed by atoms with Gasteiger partial charge in [-0.1, -0.05) is 10.3 Å². The summed E-state index contributed by atoms with van der Waals surface area (Å²) in [5.41, 5.74) is 1.81. The van der Waals surface area contributed by atoms with Crippen LogP contribution in [0.25, 0.3) is 0 Å². The number of aromatic amines is 1. The van der Waals surface area contributed by atoms with E-state index in [9.17, 15) is 9.59 Å². The Kier molecular flexibility index (Phi) is 4.22. The van der Waals surface area contributed by atoms with Crippen LogP contribution in [0.2, 0.25) is 0 Å². The zero-order valence-electron chi connectivity index (χ0n) is 13.2. The third kappa shape index (κ3) is 3.46. The molecule has 0 aromatic carbocycles. The van der Waals surface area contributed by atoms with Gasteiger partial charge in [0, 0.05) is 25.1 Å². The minimum atomic E-state index is -0.153. The van der Waals surface area contributed by atoms with Crippen LogP contribution in [-0.2, 0) is 11.2 Å². The maximum Gasteiger partial charge on any atom is 0.251 e. The molecule has 0 saturated carbocycles. The first-order valence-electron chi connectivity index (χ1n) is 7.66. The van der Waals surface area contributed by atoms with Crippen molar-refractivity contribution < 1.29 is 9.42 Å². The van der Waals surface area contributed by atoms with E-state index in [2.05, 4.69) is 24.9 Å². The van der Waals surface area contributed by atoms with Gasteiger partial charge < -0.3 is 9.88 Å². The first-order chi connectivity index (χ1) is 11.0. The van der Waals surface area contributed by atoms with E-state index in [1.165, 1.54) is 6.07 Å². The van der Waals surface area contributed by atoms with Gasteiger partial charge in [0.2, 0.25) is 5.91 Å². The molecule has 0 aliphatic carbocycles. The van der Waals surface area contributed by atoms with Gasteiger partial charge in [0.15, 0.2) is 0 Å². The quantitative estimate of drug-likeness (QED) is 0.894. The molecule has 1 amide bonds. The molecule has 2 aromatic rings. The first-order valence-corrected chi connectivity index (χ1v) is 7.66. The van der Waals surface area contributed by atoms with Gasteiger partial charge in [-0.3, -0.25) is 9.59 Å². The largest absolute Gasteiger partial charge is 0.342 e. The predicted octanol–water partition coefficient (Wildman–Crippen LogP) is 0.718. The zero-order valence-corrected chi connectivity index (χ0v) is 13.2. The fraction of sp³-hybridized carbons (Fsp3) is 0.533. The van der Waals surface area contributed by atoms with Crippen molar-refractivity contribution in [2.75, 3.05) is 13.1 Å². The normalized spacial score (nSPS) is 18.2. The topological polar surface area (TPSA) is 105 Å². The summed E-state index contributed by atoms with van der Waals surface area (Å²) < 4.78 is 4.63. The Labute approximate surface area is 132 Å². The van der Waals surface area contributed by atoms with Crippen molar-refractivity contribution in [3.63, 3.8) is 0 Å². The van der Waals surface area contributed by atoms with Crippen LogP contribution in [0.4, 0.5) is 0 Å². The lowest BCUT2D eigenvalue weighted by molar-refractivity contribution is -0.131. The van der Waals surface area contributed by atoms with Crippen LogP contribution in [0.5, 0.6) is 0 Å². The van der Waals surface area contributed by atoms with Crippen molar-refractivity contribution in [2.24, 2.45) is 0 Å². The highest BCUT2D eigenvalue weighted by atomic mass is 16.6. The van der Waals surface area contributed by atoms with E-state index < -0.39 is 0 Å². The van der Waals surface area contributed by atoms with Gasteiger partial charge in [0.25, 0.3) is 5.56 Å². The second-order valence-electron chi connectivity index (χ2n) is 5.91. The van der Waals surface area contributed by atoms with Crippen molar-refractivity contribution in [3.8, 4) is 0 Å². The van der Waals surface area contributed by atoms with Crippen LogP contribution in [0.1, 0.15) is 41.7 Å². The summed E-state index contributed by atoms with van der Waals surface area (Å²) in [4.78, 5) is 32.9. The van der Waals surface area contributed by atoms with Gasteiger partial charge in [-0.25, -0.2) is 9.61 Å². The molecule has 1 saturated heterocycles. The SMILES string of the molecule is Cc1nc([C@@H]2CCCN(C(=O)Cc3nonc3C)C2)cc(=O)[nH]1. The van der Waals surface area contributed by atoms with Gasteiger partial charge in [-0.05, 0) is 26.7 Å². The summed E-state index contributed by atoms with van der Waals surface area (Å²) in [5.74, 6) is 0.681. The summed E-state index contributed by atoms with van der Waals surface area (Å²) in [6, 6.07) is 1.53. The molecule has 1 aliphatic heterocycles. The number of aromatic nitrogens is 4. The summed E-state index contributed by atoms with van der Waals surface area (Å²) >= 11 is 0. The molecular weight excluding hydrogens is 298 g/mol. The lowest BCUT2D eigenvalue weighted by atomic mass is 9.94. The molecule has 2 aromatic heterocycles. The van der Waals surface area contributed by atoms with Crippen molar-refractivity contribution >= 4 is 5.91 Å². The lowest BCUT2D eigenvalue weighted by Crippen LogP contribution is -2.40. The predicted molar refractivity (Wildman–Crippen MR) is 80.9 cm³/mol. The average Bonchev–Trinajstić information content (AvgIpc) is 2.91. The molecule has 0 unspecified atom stereocenters. The van der Waals surface area contributed by atoms with E-state index in [0.29, 0.717) is 30.3 Å². The Morgan fingerprint density at radius 1 is 1.43 bits per heavy atom. The third-order valence-electron chi connectivity index (χ3n) is 4.14. The van der Waals surface area contributed by atoms with E-state index in [1.54, 1.807) is 18.7 Å². The van der Waals surface area contributed by atoms with Crippen LogP contribution >= 0.6 is 0 Å². The average molecular weight is 317 g/mol. The fourth-order valence-corrected chi connectivity index (χ4v) is 2.92. The smallest absolute Gasteiger partial charge is 0.251 e. The third-order valence-corrected chi connectivity index (χ3v) is 4.14. The van der Waals surface area contributed by atoms with Gasteiger partial charge in [0.05, 0.1) is 12.1 Å². The maximum atomic E-state index is 12.5. The molecule has 23 heavy (non-hydrogen) atoms. The summed E-state index contributed by atoms with van der Waals surface area (Å²) in [5, 5.41) is 7.45. The minimum absolute atomic E-state index is 0.00457. The lowest BCUT2D eigenvalue weighted by Gasteiger charge is -2.32. The van der Waals surface area contributed by atoms with Gasteiger partial charge >= 0.3 is 0 Å². The van der Waals surface area contributed by atoms with E-state index in [1.807, 2.05) is 0 Å². The minimum Gasteiger partial charge on any atom is -0.342 e. The molecular formula is C15H19N5O3. The van der Waals surface area contributed by atoms with Crippen LogP contribution < -0.4 is 5.56 Å². The van der Waals surface area contributed by atoms with Crippen molar-refractivity contribution in [3.05, 3.63) is 39.3 Å². The molecule has 1 N–H and O–H groups in total. The Balaban J connectivity index is 1.71. The molecule has 8 nitrogen and oxygen atoms in total. The van der Waals surface area contributed by atoms with E-state index in [0.717, 1.165) is 18.5 Å². The number of nitrogens with zero attached hydrogens (tertiary/aromatic N) is 4. The van der Waals surface area contributed by atoms with Crippen molar-refractivity contribution in [1.82, 2.24) is 25.2 Å². The highest BCUT2D eigenvalue weighted by molar-refractivity contribution is 5.78. The molecule has 3 heterocycles. The number of aryl methyl sites for hydroxylation is 2. The van der Waals surface area contributed by atoms with Crippen LogP contribution in [0, 0.1) is 13.8 Å². The summed E-state index contributed by atoms with van der Waals surface area (Å²) in [6.45, 7) is 4.80. The molecule has 0 spiro atoms. The second-order valence-corrected chi connectivity index (χ2v) is 5.91. The number of carbonyl (C=O) groups is 1. The van der Waals surface area contributed by atoms with Gasteiger partial charge in [-0.2, -0.15) is 0 Å². The standard InChI is InChI=1S/C15H19N5O3/c1-9-12(19-23-18-9)7-15(22)20-5-3-4-11(8-20)13-6-14(21)17-10(2)16-13/h6,11H,3-5,7-8H2,1-2H3,(H,16,17,21)/t11-/m1/s1. The molecule has 1 fully saturated rings. The maximum absolute atomic E-state index is 12.5. The fourth-order valence-electron chi connectivity index (χ4n) is 2.92. The molecule has 1 aliphatic rings. The van der Waals surface area contributed by atoms with E-state index in [-0.39, 0.29) is 23.8 Å². The molecule has 0 radical (unpaired) electrons. The molecule has 8 heteroatoms. The van der Waals surface area contributed by atoms with Crippen LogP contribution in [0.3, 0.4) is 0 Å². The Bertz CT molecular complexity index is 766. The monoisotopic (exact) mass is 317 g/mol. The van der Waals surface area contributed by atoms with E-state index >= 15 is 0 Å². The van der Waals surface area contributed by atoms with Gasteiger partial charge in [-0.15, -0.1) is 0 Å². The number of hydrogen-bond acceptors (Lipinski definition) is 6. The molecule has 0 bridgehead atoms. The number of likely N-dealkylation sites (tertiary alicyclic amines) is 1. The van der Waals surface area contributed by atoms with Crippen LogP contribution in [0.15, 0.2) is 15.5 Å². The number of H-pyrrole nitrogens is 1. The van der Waals surface area contributed by atoms with Crippen LogP contribution in [-0.4, -0.2) is 44.2 Å². The Hall–Kier alpha value is -2.51. The number of amides is 1. The summed E-state index contributed by atoms with van der Waals surface area (Å²) in [6.07, 6.45) is 1.99. The molecule has 3 rings (SSSR count). The summed E-state index contributed by atoms with van der Waals surface area (Å²) in [7, 11) is 0. The Morgan fingerprint density at radius 3 is 2.96 bits per heavy atom. The number of nitrogens with one attached hydrogen (secondary N) is 1.